The van der Waals surface area contributed by atoms with Gasteiger partial charge in [-0.1, -0.05) is 25.1 Å². The molecule has 3 heterocycles. The van der Waals surface area contributed by atoms with Gasteiger partial charge in [0.25, 0.3) is 0 Å². The first-order valence-corrected chi connectivity index (χ1v) is 8.87. The van der Waals surface area contributed by atoms with Gasteiger partial charge in [0, 0.05) is 17.0 Å². The number of rotatable bonds is 3. The van der Waals surface area contributed by atoms with Crippen molar-refractivity contribution in [1.82, 2.24) is 4.90 Å². The third kappa shape index (κ3) is 2.10. The number of amidine groups is 1. The lowest BCUT2D eigenvalue weighted by atomic mass is 10.1. The molecule has 5 heteroatoms. The van der Waals surface area contributed by atoms with E-state index in [4.69, 9.17) is 0 Å². The summed E-state index contributed by atoms with van der Waals surface area (Å²) in [5.41, 5.74) is 2.16. The summed E-state index contributed by atoms with van der Waals surface area (Å²) in [5, 5.41) is 4.03. The molecular formula is C16H15FN2S2. The molecule has 0 radical (unpaired) electrons. The number of thioether (sulfide) groups is 1. The van der Waals surface area contributed by atoms with Crippen molar-refractivity contribution in [3.63, 3.8) is 0 Å². The zero-order valence-corrected chi connectivity index (χ0v) is 13.4. The molecular weight excluding hydrogens is 303 g/mol. The largest absolute Gasteiger partial charge is 0.318 e. The summed E-state index contributed by atoms with van der Waals surface area (Å²) in [7, 11) is 0. The second kappa shape index (κ2) is 5.14. The topological polar surface area (TPSA) is 15.6 Å². The van der Waals surface area contributed by atoms with E-state index in [9.17, 15) is 4.39 Å². The Balaban J connectivity index is 1.87. The van der Waals surface area contributed by atoms with Crippen LogP contribution in [0.1, 0.15) is 25.3 Å². The van der Waals surface area contributed by atoms with Crippen LogP contribution >= 0.6 is 23.1 Å². The van der Waals surface area contributed by atoms with E-state index < -0.39 is 0 Å². The van der Waals surface area contributed by atoms with E-state index in [-0.39, 0.29) is 5.82 Å². The minimum atomic E-state index is -0.115. The van der Waals surface area contributed by atoms with Crippen molar-refractivity contribution in [3.8, 4) is 0 Å². The van der Waals surface area contributed by atoms with Crippen LogP contribution in [0.2, 0.25) is 0 Å². The van der Waals surface area contributed by atoms with Crippen LogP contribution in [0.5, 0.6) is 0 Å². The maximum atomic E-state index is 14.3. The highest BCUT2D eigenvalue weighted by atomic mass is 32.2. The molecule has 0 fully saturated rings. The van der Waals surface area contributed by atoms with Crippen molar-refractivity contribution in [2.75, 3.05) is 13.1 Å². The van der Waals surface area contributed by atoms with Gasteiger partial charge in [-0.15, -0.1) is 11.3 Å². The van der Waals surface area contributed by atoms with Crippen molar-refractivity contribution < 1.29 is 4.39 Å². The van der Waals surface area contributed by atoms with Crippen molar-refractivity contribution in [3.05, 3.63) is 39.9 Å². The number of aliphatic imine (C=N–C) groups is 1. The highest BCUT2D eigenvalue weighted by Crippen LogP contribution is 2.44. The number of fused-ring (bicyclic) bond motifs is 2. The van der Waals surface area contributed by atoms with E-state index in [1.165, 1.54) is 21.9 Å². The minimum absolute atomic E-state index is 0.115. The van der Waals surface area contributed by atoms with Crippen LogP contribution in [0.4, 0.5) is 4.39 Å². The van der Waals surface area contributed by atoms with Gasteiger partial charge in [-0.2, -0.15) is 0 Å². The molecule has 0 spiro atoms. The Bertz CT molecular complexity index is 776. The normalized spacial score (nSPS) is 17.8. The second-order valence-electron chi connectivity index (χ2n) is 5.24. The number of hydrogen-bond acceptors (Lipinski definition) is 4. The average molecular weight is 318 g/mol. The number of nitrogens with zero attached hydrogens (tertiary/aromatic N) is 2. The van der Waals surface area contributed by atoms with Crippen LogP contribution in [0, 0.1) is 5.82 Å². The maximum Gasteiger partial charge on any atom is 0.168 e. The van der Waals surface area contributed by atoms with Gasteiger partial charge >= 0.3 is 0 Å². The van der Waals surface area contributed by atoms with Gasteiger partial charge in [-0.05, 0) is 35.4 Å². The number of allylic oxidation sites excluding steroid dienone is 1. The number of halogens is 1. The third-order valence-electron chi connectivity index (χ3n) is 3.81. The lowest BCUT2D eigenvalue weighted by Crippen LogP contribution is -2.20. The molecule has 2 nitrogen and oxygen atoms in total. The Hall–Kier alpha value is -1.33. The molecule has 0 N–H and O–H groups in total. The Labute approximate surface area is 131 Å². The third-order valence-corrected chi connectivity index (χ3v) is 5.92. The predicted octanol–water partition coefficient (Wildman–Crippen LogP) is 4.93. The Morgan fingerprint density at radius 3 is 3.14 bits per heavy atom. The lowest BCUT2D eigenvalue weighted by Gasteiger charge is -2.17. The molecule has 2 aliphatic heterocycles. The highest BCUT2D eigenvalue weighted by molar-refractivity contribution is 8.17. The summed E-state index contributed by atoms with van der Waals surface area (Å²) < 4.78 is 15.1. The molecule has 0 unspecified atom stereocenters. The van der Waals surface area contributed by atoms with E-state index in [1.807, 2.05) is 11.4 Å². The SMILES string of the molecule is CCCC1=C(c2cc(F)c3sccc3c2)N2CCN=C2S1. The summed E-state index contributed by atoms with van der Waals surface area (Å²) in [6.07, 6.45) is 2.12. The van der Waals surface area contributed by atoms with Gasteiger partial charge < -0.3 is 4.90 Å². The molecule has 108 valence electrons. The summed E-state index contributed by atoms with van der Waals surface area (Å²) in [4.78, 5) is 8.13. The Morgan fingerprint density at radius 1 is 1.38 bits per heavy atom. The highest BCUT2D eigenvalue weighted by Gasteiger charge is 2.32. The van der Waals surface area contributed by atoms with E-state index in [0.717, 1.165) is 46.7 Å². The molecule has 0 saturated heterocycles. The first-order chi connectivity index (χ1) is 10.3. The van der Waals surface area contributed by atoms with Crippen molar-refractivity contribution in [1.29, 1.82) is 0 Å². The Morgan fingerprint density at radius 2 is 2.29 bits per heavy atom. The van der Waals surface area contributed by atoms with Crippen LogP contribution < -0.4 is 0 Å². The van der Waals surface area contributed by atoms with Crippen LogP contribution in [0.15, 0.2) is 33.5 Å². The minimum Gasteiger partial charge on any atom is -0.318 e. The summed E-state index contributed by atoms with van der Waals surface area (Å²) in [5.74, 6) is -0.115. The smallest absolute Gasteiger partial charge is 0.168 e. The fourth-order valence-electron chi connectivity index (χ4n) is 2.92. The fourth-order valence-corrected chi connectivity index (χ4v) is 5.00. The van der Waals surface area contributed by atoms with E-state index >= 15 is 0 Å². The van der Waals surface area contributed by atoms with Gasteiger partial charge in [-0.3, -0.25) is 4.99 Å². The molecule has 1 aromatic heterocycles. The zero-order valence-electron chi connectivity index (χ0n) is 11.7. The fraction of sp³-hybridized carbons (Fsp3) is 0.312. The van der Waals surface area contributed by atoms with Gasteiger partial charge in [-0.25, -0.2) is 4.39 Å². The van der Waals surface area contributed by atoms with E-state index in [0.29, 0.717) is 0 Å². The molecule has 1 aromatic carbocycles. The van der Waals surface area contributed by atoms with E-state index in [1.54, 1.807) is 17.8 Å². The van der Waals surface area contributed by atoms with Crippen LogP contribution in [-0.4, -0.2) is 23.2 Å². The monoisotopic (exact) mass is 318 g/mol. The molecule has 0 atom stereocenters. The van der Waals surface area contributed by atoms with Crippen LogP contribution in [0.3, 0.4) is 0 Å². The molecule has 4 rings (SSSR count). The summed E-state index contributed by atoms with van der Waals surface area (Å²) >= 11 is 3.22. The van der Waals surface area contributed by atoms with Gasteiger partial charge in [0.15, 0.2) is 5.17 Å². The standard InChI is InChI=1S/C16H15FN2S2/c1-2-3-13-14(19-6-5-18-16(19)21-13)11-8-10-4-7-20-15(10)12(17)9-11/h4,7-9H,2-3,5-6H2,1H3. The number of thiophene rings is 1. The lowest BCUT2D eigenvalue weighted by molar-refractivity contribution is 0.632. The van der Waals surface area contributed by atoms with Crippen molar-refractivity contribution >= 4 is 44.0 Å². The van der Waals surface area contributed by atoms with Crippen LogP contribution in [-0.2, 0) is 0 Å². The molecule has 2 aromatic rings. The molecule has 0 aliphatic carbocycles. The molecule has 0 bridgehead atoms. The molecule has 0 saturated carbocycles. The molecule has 0 amide bonds. The molecule has 2 aliphatic rings. The quantitative estimate of drug-likeness (QED) is 0.797. The summed E-state index contributed by atoms with van der Waals surface area (Å²) in [6, 6.07) is 5.79. The summed E-state index contributed by atoms with van der Waals surface area (Å²) in [6.45, 7) is 3.93. The van der Waals surface area contributed by atoms with Crippen LogP contribution in [0.25, 0.3) is 15.8 Å². The van der Waals surface area contributed by atoms with Crippen molar-refractivity contribution in [2.24, 2.45) is 4.99 Å². The first-order valence-electron chi connectivity index (χ1n) is 7.18. The van der Waals surface area contributed by atoms with Gasteiger partial charge in [0.05, 0.1) is 16.9 Å². The molecule has 21 heavy (non-hydrogen) atoms. The number of hydrogen-bond donors (Lipinski definition) is 0. The zero-order chi connectivity index (χ0) is 14.4. The van der Waals surface area contributed by atoms with E-state index in [2.05, 4.69) is 22.9 Å². The first kappa shape index (κ1) is 13.3. The Kier molecular flexibility index (Phi) is 3.27. The number of benzene rings is 1. The van der Waals surface area contributed by atoms with Crippen molar-refractivity contribution in [2.45, 2.75) is 19.8 Å². The predicted molar refractivity (Wildman–Crippen MR) is 90.2 cm³/mol. The van der Waals surface area contributed by atoms with Gasteiger partial charge in [0.2, 0.25) is 0 Å². The second-order valence-corrected chi connectivity index (χ2v) is 7.21. The van der Waals surface area contributed by atoms with Gasteiger partial charge in [0.1, 0.15) is 5.82 Å². The average Bonchev–Trinajstić information content (AvgIpc) is 3.13. The maximum absolute atomic E-state index is 14.3.